The molecule has 1 atom stereocenters. The maximum absolute atomic E-state index is 12.1. The van der Waals surface area contributed by atoms with E-state index < -0.39 is 0 Å². The van der Waals surface area contributed by atoms with Gasteiger partial charge >= 0.3 is 0 Å². The lowest BCUT2D eigenvalue weighted by molar-refractivity contribution is -0.138. The van der Waals surface area contributed by atoms with Crippen molar-refractivity contribution in [2.45, 2.75) is 26.5 Å². The van der Waals surface area contributed by atoms with E-state index in [1.165, 1.54) is 0 Å². The van der Waals surface area contributed by atoms with E-state index in [0.717, 1.165) is 18.7 Å². The Morgan fingerprint density at radius 3 is 3.19 bits per heavy atom. The lowest BCUT2D eigenvalue weighted by Crippen LogP contribution is -2.49. The van der Waals surface area contributed by atoms with E-state index in [1.54, 1.807) is 6.20 Å². The standard InChI is InChI=1S/C15H23N3O3/c1-3-18-7-8-21-13(11-18)15(19)17-10-12-5-6-16-14(9-12)20-4-2/h5-6,9,13H,3-4,7-8,10-11H2,1-2H3,(H,17,19)/t13-/m0/s1. The molecule has 6 nitrogen and oxygen atoms in total. The molecule has 1 fully saturated rings. The van der Waals surface area contributed by atoms with E-state index in [0.29, 0.717) is 32.2 Å². The van der Waals surface area contributed by atoms with Crippen molar-refractivity contribution < 1.29 is 14.3 Å². The minimum atomic E-state index is -0.383. The Morgan fingerprint density at radius 2 is 2.43 bits per heavy atom. The van der Waals surface area contributed by atoms with Crippen molar-refractivity contribution >= 4 is 5.91 Å². The summed E-state index contributed by atoms with van der Waals surface area (Å²) in [6, 6.07) is 3.70. The zero-order chi connectivity index (χ0) is 15.1. The van der Waals surface area contributed by atoms with Gasteiger partial charge in [0.25, 0.3) is 5.91 Å². The van der Waals surface area contributed by atoms with Gasteiger partial charge in [-0.1, -0.05) is 6.92 Å². The third-order valence-electron chi connectivity index (χ3n) is 3.45. The van der Waals surface area contributed by atoms with E-state index in [4.69, 9.17) is 9.47 Å². The maximum atomic E-state index is 12.1. The van der Waals surface area contributed by atoms with Crippen LogP contribution in [0.1, 0.15) is 19.4 Å². The van der Waals surface area contributed by atoms with Crippen LogP contribution >= 0.6 is 0 Å². The first-order chi connectivity index (χ1) is 10.2. The lowest BCUT2D eigenvalue weighted by Gasteiger charge is -2.31. The van der Waals surface area contributed by atoms with Gasteiger partial charge in [0.2, 0.25) is 5.88 Å². The number of ether oxygens (including phenoxy) is 2. The van der Waals surface area contributed by atoms with Gasteiger partial charge in [-0.05, 0) is 25.1 Å². The normalized spacial score (nSPS) is 19.2. The number of nitrogens with one attached hydrogen (secondary N) is 1. The first-order valence-electron chi connectivity index (χ1n) is 7.42. The van der Waals surface area contributed by atoms with Crippen LogP contribution in [0.4, 0.5) is 0 Å². The summed E-state index contributed by atoms with van der Waals surface area (Å²) in [7, 11) is 0. The molecule has 0 saturated carbocycles. The third kappa shape index (κ3) is 4.68. The number of carbonyl (C=O) groups excluding carboxylic acids is 1. The topological polar surface area (TPSA) is 63.7 Å². The molecule has 0 unspecified atom stereocenters. The number of amides is 1. The maximum Gasteiger partial charge on any atom is 0.250 e. The predicted octanol–water partition coefficient (Wildman–Crippen LogP) is 0.817. The zero-order valence-corrected chi connectivity index (χ0v) is 12.7. The van der Waals surface area contributed by atoms with Gasteiger partial charge in [-0.2, -0.15) is 0 Å². The summed E-state index contributed by atoms with van der Waals surface area (Å²) in [5, 5.41) is 2.91. The van der Waals surface area contributed by atoms with Crippen LogP contribution in [0.2, 0.25) is 0 Å². The van der Waals surface area contributed by atoms with Crippen LogP contribution < -0.4 is 10.1 Å². The first kappa shape index (κ1) is 15.7. The number of aromatic nitrogens is 1. The molecule has 6 heteroatoms. The number of hydrogen-bond donors (Lipinski definition) is 1. The SMILES string of the molecule is CCOc1cc(CNC(=O)[C@@H]2CN(CC)CCO2)ccn1. The lowest BCUT2D eigenvalue weighted by atomic mass is 10.2. The molecular formula is C15H23N3O3. The van der Waals surface area contributed by atoms with Crippen LogP contribution in [-0.2, 0) is 16.1 Å². The van der Waals surface area contributed by atoms with Gasteiger partial charge in [0.1, 0.15) is 6.10 Å². The Labute approximate surface area is 125 Å². The second kappa shape index (κ2) is 7.95. The van der Waals surface area contributed by atoms with Crippen LogP contribution in [0.15, 0.2) is 18.3 Å². The molecule has 1 aromatic heterocycles. The molecule has 0 spiro atoms. The van der Waals surface area contributed by atoms with Gasteiger partial charge in [-0.3, -0.25) is 9.69 Å². The molecule has 2 rings (SSSR count). The summed E-state index contributed by atoms with van der Waals surface area (Å²) in [6.45, 7) is 8.12. The molecule has 116 valence electrons. The van der Waals surface area contributed by atoms with E-state index in [1.807, 2.05) is 19.1 Å². The first-order valence-corrected chi connectivity index (χ1v) is 7.42. The van der Waals surface area contributed by atoms with Crippen molar-refractivity contribution in [3.63, 3.8) is 0 Å². The number of hydrogen-bond acceptors (Lipinski definition) is 5. The molecule has 21 heavy (non-hydrogen) atoms. The summed E-state index contributed by atoms with van der Waals surface area (Å²) >= 11 is 0. The second-order valence-corrected chi connectivity index (χ2v) is 4.91. The largest absolute Gasteiger partial charge is 0.478 e. The average molecular weight is 293 g/mol. The van der Waals surface area contributed by atoms with Gasteiger partial charge in [-0.15, -0.1) is 0 Å². The second-order valence-electron chi connectivity index (χ2n) is 4.91. The van der Waals surface area contributed by atoms with Crippen molar-refractivity contribution in [3.05, 3.63) is 23.9 Å². The number of carbonyl (C=O) groups is 1. The Kier molecular flexibility index (Phi) is 5.95. The van der Waals surface area contributed by atoms with Gasteiger partial charge in [0.05, 0.1) is 13.2 Å². The Balaban J connectivity index is 1.84. The fourth-order valence-electron chi connectivity index (χ4n) is 2.24. The minimum absolute atomic E-state index is 0.0667. The van der Waals surface area contributed by atoms with Crippen molar-refractivity contribution in [1.29, 1.82) is 0 Å². The third-order valence-corrected chi connectivity index (χ3v) is 3.45. The highest BCUT2D eigenvalue weighted by Crippen LogP contribution is 2.10. The summed E-state index contributed by atoms with van der Waals surface area (Å²) in [4.78, 5) is 18.5. The summed E-state index contributed by atoms with van der Waals surface area (Å²) in [6.07, 6.45) is 1.30. The minimum Gasteiger partial charge on any atom is -0.478 e. The van der Waals surface area contributed by atoms with E-state index in [-0.39, 0.29) is 12.0 Å². The van der Waals surface area contributed by atoms with Crippen molar-refractivity contribution in [2.75, 3.05) is 32.8 Å². The predicted molar refractivity (Wildman–Crippen MR) is 79.1 cm³/mol. The quantitative estimate of drug-likeness (QED) is 0.841. The number of morpholine rings is 1. The van der Waals surface area contributed by atoms with Gasteiger partial charge < -0.3 is 14.8 Å². The number of likely N-dealkylation sites (N-methyl/N-ethyl adjacent to an activating group) is 1. The zero-order valence-electron chi connectivity index (χ0n) is 12.7. The fourth-order valence-corrected chi connectivity index (χ4v) is 2.24. The number of nitrogens with zero attached hydrogens (tertiary/aromatic N) is 2. The van der Waals surface area contributed by atoms with Gasteiger partial charge in [-0.25, -0.2) is 4.98 Å². The average Bonchev–Trinajstić information content (AvgIpc) is 2.53. The molecule has 0 radical (unpaired) electrons. The van der Waals surface area contributed by atoms with Crippen LogP contribution in [0.5, 0.6) is 5.88 Å². The van der Waals surface area contributed by atoms with Crippen LogP contribution in [0.25, 0.3) is 0 Å². The molecule has 1 N–H and O–H groups in total. The molecule has 1 aliphatic rings. The van der Waals surface area contributed by atoms with E-state index in [2.05, 4.69) is 22.1 Å². The number of rotatable bonds is 6. The number of pyridine rings is 1. The van der Waals surface area contributed by atoms with Crippen molar-refractivity contribution in [2.24, 2.45) is 0 Å². The molecule has 0 bridgehead atoms. The van der Waals surface area contributed by atoms with Crippen LogP contribution in [0.3, 0.4) is 0 Å². The highest BCUT2D eigenvalue weighted by molar-refractivity contribution is 5.81. The van der Waals surface area contributed by atoms with Crippen LogP contribution in [0, 0.1) is 0 Å². The molecular weight excluding hydrogens is 270 g/mol. The molecule has 1 saturated heterocycles. The van der Waals surface area contributed by atoms with Crippen molar-refractivity contribution in [3.8, 4) is 5.88 Å². The van der Waals surface area contributed by atoms with Crippen molar-refractivity contribution in [1.82, 2.24) is 15.2 Å². The Bertz CT molecular complexity index is 467. The Morgan fingerprint density at radius 1 is 1.57 bits per heavy atom. The molecule has 2 heterocycles. The molecule has 1 aliphatic heterocycles. The Hall–Kier alpha value is -1.66. The fraction of sp³-hybridized carbons (Fsp3) is 0.600. The highest BCUT2D eigenvalue weighted by Gasteiger charge is 2.25. The summed E-state index contributed by atoms with van der Waals surface area (Å²) < 4.78 is 10.9. The van der Waals surface area contributed by atoms with Crippen LogP contribution in [-0.4, -0.2) is 54.7 Å². The van der Waals surface area contributed by atoms with Gasteiger partial charge in [0, 0.05) is 31.9 Å². The smallest absolute Gasteiger partial charge is 0.250 e. The molecule has 1 amide bonds. The molecule has 0 aromatic carbocycles. The summed E-state index contributed by atoms with van der Waals surface area (Å²) in [5.41, 5.74) is 0.963. The summed E-state index contributed by atoms with van der Waals surface area (Å²) in [5.74, 6) is 0.512. The van der Waals surface area contributed by atoms with E-state index in [9.17, 15) is 4.79 Å². The van der Waals surface area contributed by atoms with Gasteiger partial charge in [0.15, 0.2) is 0 Å². The molecule has 1 aromatic rings. The monoisotopic (exact) mass is 293 g/mol. The van der Waals surface area contributed by atoms with E-state index >= 15 is 0 Å². The highest BCUT2D eigenvalue weighted by atomic mass is 16.5. The molecule has 0 aliphatic carbocycles.